The lowest BCUT2D eigenvalue weighted by atomic mass is 10.1. The molecule has 1 aromatic heterocycles. The lowest BCUT2D eigenvalue weighted by Crippen LogP contribution is -2.14. The predicted octanol–water partition coefficient (Wildman–Crippen LogP) is 2.98. The van der Waals surface area contributed by atoms with Crippen molar-refractivity contribution in [2.24, 2.45) is 0 Å². The normalized spacial score (nSPS) is 10.9. The van der Waals surface area contributed by atoms with Gasteiger partial charge in [0.25, 0.3) is 0 Å². The van der Waals surface area contributed by atoms with Gasteiger partial charge in [0.2, 0.25) is 0 Å². The molecular formula is C15H19N3S. The van der Waals surface area contributed by atoms with E-state index in [1.165, 1.54) is 11.1 Å². The van der Waals surface area contributed by atoms with E-state index < -0.39 is 0 Å². The van der Waals surface area contributed by atoms with E-state index in [1.54, 1.807) is 11.8 Å². The number of pyridine rings is 1. The van der Waals surface area contributed by atoms with E-state index in [2.05, 4.69) is 36.1 Å². The van der Waals surface area contributed by atoms with Crippen molar-refractivity contribution in [1.82, 2.24) is 9.88 Å². The van der Waals surface area contributed by atoms with Crippen molar-refractivity contribution in [1.29, 1.82) is 0 Å². The quantitative estimate of drug-likeness (QED) is 0.672. The van der Waals surface area contributed by atoms with Gasteiger partial charge in [0.1, 0.15) is 0 Å². The first-order valence-corrected chi connectivity index (χ1v) is 7.23. The third-order valence-corrected chi connectivity index (χ3v) is 3.87. The Morgan fingerprint density at radius 1 is 1.11 bits per heavy atom. The molecule has 4 heteroatoms. The van der Waals surface area contributed by atoms with E-state index in [0.29, 0.717) is 0 Å². The molecule has 0 saturated heterocycles. The fourth-order valence-electron chi connectivity index (χ4n) is 1.72. The van der Waals surface area contributed by atoms with Gasteiger partial charge in [-0.2, -0.15) is 0 Å². The average Bonchev–Trinajstić information content (AvgIpc) is 2.41. The van der Waals surface area contributed by atoms with Crippen LogP contribution in [-0.4, -0.2) is 36.3 Å². The SMILES string of the molecule is CN(C)CCSc1cc(-c2ccncc2)ccc1N. The fraction of sp³-hybridized carbons (Fsp3) is 0.267. The summed E-state index contributed by atoms with van der Waals surface area (Å²) in [4.78, 5) is 7.37. The van der Waals surface area contributed by atoms with E-state index >= 15 is 0 Å². The maximum absolute atomic E-state index is 6.04. The van der Waals surface area contributed by atoms with Crippen molar-refractivity contribution in [3.63, 3.8) is 0 Å². The first-order valence-electron chi connectivity index (χ1n) is 6.24. The molecule has 0 fully saturated rings. The Labute approximate surface area is 118 Å². The summed E-state index contributed by atoms with van der Waals surface area (Å²) in [6, 6.07) is 10.2. The number of thioether (sulfide) groups is 1. The zero-order valence-electron chi connectivity index (χ0n) is 11.3. The molecule has 19 heavy (non-hydrogen) atoms. The van der Waals surface area contributed by atoms with Gasteiger partial charge in [0.15, 0.2) is 0 Å². The topological polar surface area (TPSA) is 42.2 Å². The van der Waals surface area contributed by atoms with Crippen LogP contribution in [0, 0.1) is 0 Å². The Hall–Kier alpha value is -1.52. The fourth-order valence-corrected chi connectivity index (χ4v) is 2.84. The van der Waals surface area contributed by atoms with Crippen molar-refractivity contribution >= 4 is 17.4 Å². The van der Waals surface area contributed by atoms with Crippen LogP contribution in [0.5, 0.6) is 0 Å². The van der Waals surface area contributed by atoms with Crippen LogP contribution in [-0.2, 0) is 0 Å². The second kappa shape index (κ2) is 6.59. The molecule has 1 aromatic carbocycles. The van der Waals surface area contributed by atoms with Crippen LogP contribution in [0.25, 0.3) is 11.1 Å². The van der Waals surface area contributed by atoms with Crippen molar-refractivity contribution in [2.75, 3.05) is 32.1 Å². The predicted molar refractivity (Wildman–Crippen MR) is 83.4 cm³/mol. The highest BCUT2D eigenvalue weighted by Crippen LogP contribution is 2.30. The molecule has 0 aliphatic rings. The molecule has 2 N–H and O–H groups in total. The average molecular weight is 273 g/mol. The van der Waals surface area contributed by atoms with E-state index in [0.717, 1.165) is 22.9 Å². The number of benzene rings is 1. The summed E-state index contributed by atoms with van der Waals surface area (Å²) in [5, 5.41) is 0. The molecule has 0 atom stereocenters. The Morgan fingerprint density at radius 3 is 2.53 bits per heavy atom. The molecule has 0 radical (unpaired) electrons. The van der Waals surface area contributed by atoms with Crippen molar-refractivity contribution in [3.8, 4) is 11.1 Å². The monoisotopic (exact) mass is 273 g/mol. The Balaban J connectivity index is 2.15. The van der Waals surface area contributed by atoms with Gasteiger partial charge in [-0.05, 0) is 49.5 Å². The van der Waals surface area contributed by atoms with E-state index in [9.17, 15) is 0 Å². The van der Waals surface area contributed by atoms with Crippen molar-refractivity contribution < 1.29 is 0 Å². The molecule has 100 valence electrons. The highest BCUT2D eigenvalue weighted by molar-refractivity contribution is 7.99. The van der Waals surface area contributed by atoms with Gasteiger partial charge in [0, 0.05) is 35.3 Å². The highest BCUT2D eigenvalue weighted by Gasteiger charge is 2.04. The third kappa shape index (κ3) is 3.98. The molecule has 0 unspecified atom stereocenters. The lowest BCUT2D eigenvalue weighted by Gasteiger charge is -2.11. The zero-order chi connectivity index (χ0) is 13.7. The molecule has 0 amide bonds. The van der Waals surface area contributed by atoms with Crippen molar-refractivity contribution in [2.45, 2.75) is 4.90 Å². The first-order chi connectivity index (χ1) is 9.16. The molecule has 3 nitrogen and oxygen atoms in total. The van der Waals surface area contributed by atoms with E-state index in [1.807, 2.05) is 30.6 Å². The summed E-state index contributed by atoms with van der Waals surface area (Å²) in [6.45, 7) is 1.05. The minimum Gasteiger partial charge on any atom is -0.398 e. The molecule has 0 aliphatic carbocycles. The summed E-state index contributed by atoms with van der Waals surface area (Å²) in [6.07, 6.45) is 3.62. The second-order valence-corrected chi connectivity index (χ2v) is 5.78. The van der Waals surface area contributed by atoms with E-state index in [4.69, 9.17) is 5.73 Å². The van der Waals surface area contributed by atoms with Gasteiger partial charge >= 0.3 is 0 Å². The number of hydrogen-bond acceptors (Lipinski definition) is 4. The Kier molecular flexibility index (Phi) is 4.82. The minimum atomic E-state index is 0.849. The van der Waals surface area contributed by atoms with Crippen LogP contribution in [0.15, 0.2) is 47.6 Å². The summed E-state index contributed by atoms with van der Waals surface area (Å²) in [5.41, 5.74) is 9.24. The summed E-state index contributed by atoms with van der Waals surface area (Å²) < 4.78 is 0. The van der Waals surface area contributed by atoms with Crippen molar-refractivity contribution in [3.05, 3.63) is 42.7 Å². The van der Waals surface area contributed by atoms with Gasteiger partial charge < -0.3 is 10.6 Å². The molecule has 2 aromatic rings. The Morgan fingerprint density at radius 2 is 1.84 bits per heavy atom. The smallest absolute Gasteiger partial charge is 0.0452 e. The van der Waals surface area contributed by atoms with Crippen LogP contribution in [0.1, 0.15) is 0 Å². The summed E-state index contributed by atoms with van der Waals surface area (Å²) in [5.74, 6) is 1.04. The van der Waals surface area contributed by atoms with Gasteiger partial charge in [-0.1, -0.05) is 6.07 Å². The number of hydrogen-bond donors (Lipinski definition) is 1. The molecular weight excluding hydrogens is 254 g/mol. The zero-order valence-corrected chi connectivity index (χ0v) is 12.2. The van der Waals surface area contributed by atoms with Crippen LogP contribution in [0.2, 0.25) is 0 Å². The molecule has 0 spiro atoms. The first kappa shape index (κ1) is 13.9. The number of nitrogens with two attached hydrogens (primary N) is 1. The van der Waals surface area contributed by atoms with Gasteiger partial charge in [-0.3, -0.25) is 4.98 Å². The number of rotatable bonds is 5. The summed E-state index contributed by atoms with van der Waals surface area (Å²) in [7, 11) is 4.16. The maximum Gasteiger partial charge on any atom is 0.0452 e. The van der Waals surface area contributed by atoms with Crippen LogP contribution >= 0.6 is 11.8 Å². The summed E-state index contributed by atoms with van der Waals surface area (Å²) >= 11 is 1.80. The lowest BCUT2D eigenvalue weighted by molar-refractivity contribution is 0.437. The van der Waals surface area contributed by atoms with Gasteiger partial charge in [-0.15, -0.1) is 11.8 Å². The number of nitrogens with zero attached hydrogens (tertiary/aromatic N) is 2. The van der Waals surface area contributed by atoms with Crippen LogP contribution < -0.4 is 5.73 Å². The standard InChI is InChI=1S/C15H19N3S/c1-18(2)9-10-19-15-11-13(3-4-14(15)16)12-5-7-17-8-6-12/h3-8,11H,9-10,16H2,1-2H3. The van der Waals surface area contributed by atoms with Gasteiger partial charge in [-0.25, -0.2) is 0 Å². The van der Waals surface area contributed by atoms with Crippen LogP contribution in [0.3, 0.4) is 0 Å². The van der Waals surface area contributed by atoms with E-state index in [-0.39, 0.29) is 0 Å². The third-order valence-electron chi connectivity index (χ3n) is 2.82. The number of nitrogen functional groups attached to an aromatic ring is 1. The number of aromatic nitrogens is 1. The second-order valence-electron chi connectivity index (χ2n) is 4.64. The maximum atomic E-state index is 6.04. The Bertz CT molecular complexity index is 526. The molecule has 0 saturated carbocycles. The largest absolute Gasteiger partial charge is 0.398 e. The van der Waals surface area contributed by atoms with Gasteiger partial charge in [0.05, 0.1) is 0 Å². The number of anilines is 1. The molecule has 0 bridgehead atoms. The molecule has 2 rings (SSSR count). The minimum absolute atomic E-state index is 0.849. The molecule has 1 heterocycles. The highest BCUT2D eigenvalue weighted by atomic mass is 32.2. The molecule has 0 aliphatic heterocycles. The van der Waals surface area contributed by atoms with Crippen LogP contribution in [0.4, 0.5) is 5.69 Å².